The second-order valence-corrected chi connectivity index (χ2v) is 35.8. The van der Waals surface area contributed by atoms with Gasteiger partial charge in [0.25, 0.3) is 0 Å². The summed E-state index contributed by atoms with van der Waals surface area (Å²) in [7, 11) is 0. The summed E-state index contributed by atoms with van der Waals surface area (Å²) in [5.41, 5.74) is 8.27. The zero-order valence-corrected chi connectivity index (χ0v) is 82.3. The molecule has 2 saturated carbocycles. The monoisotopic (exact) mass is 2050 g/mol. The fourth-order valence-electron chi connectivity index (χ4n) is 11.4. The van der Waals surface area contributed by atoms with Crippen LogP contribution in [0.2, 0.25) is 46.4 Å². The molecule has 0 unspecified atom stereocenters. The molecule has 2 aliphatic rings. The molecule has 3 amide bonds. The van der Waals surface area contributed by atoms with Crippen LogP contribution in [0.4, 0.5) is 31.4 Å². The number of rotatable bonds is 16. The Balaban J connectivity index is 0.000000212. The van der Waals surface area contributed by atoms with Crippen molar-refractivity contribution in [1.29, 1.82) is 0 Å². The summed E-state index contributed by atoms with van der Waals surface area (Å²) >= 11 is 50.5. The van der Waals surface area contributed by atoms with E-state index in [0.717, 1.165) is 31.7 Å². The van der Waals surface area contributed by atoms with Gasteiger partial charge in [0.05, 0.1) is 41.0 Å². The van der Waals surface area contributed by atoms with E-state index in [-0.39, 0.29) is 111 Å². The number of ether oxygens (including phenoxy) is 5. The van der Waals surface area contributed by atoms with Crippen LogP contribution in [0, 0.1) is 11.8 Å². The molecule has 2 aliphatic carbocycles. The van der Waals surface area contributed by atoms with Gasteiger partial charge in [0.2, 0.25) is 22.8 Å². The SMILES string of the molecule is CC(=O)c1cc(Cl)nnc1CN.CC(=O)c1cc(Cl)nnc1Cl.CC(C)(C)OC(=O)Nc1cc(Cl)nn2cnnc12.CC(C)CN(C(=O)OC(C)(C)C)c1cc(Cl)nn2cnnc12.CC(C)CN(C(=O)OC(C)(C)C)c1cc(OC2CCCC2)nn2cnnc12.CCOC(=O)c1cc(Cl)nn2cnnc12.O=C(O)c1cc(Cl)nn2cnnc12.O=C(O)c1cc(Cl)nnc1Cl.OC1CCCC1. The van der Waals surface area contributed by atoms with Crippen LogP contribution in [0.15, 0.2) is 80.2 Å². The Bertz CT molecular complexity index is 6190. The number of esters is 1. The van der Waals surface area contributed by atoms with E-state index in [1.54, 1.807) is 49.2 Å². The zero-order valence-electron chi connectivity index (χ0n) is 75.5. The highest BCUT2D eigenvalue weighted by Crippen LogP contribution is 2.32. The summed E-state index contributed by atoms with van der Waals surface area (Å²) in [6, 6.07) is 11.5. The van der Waals surface area contributed by atoms with Gasteiger partial charge in [-0.05, 0) is 164 Å². The molecule has 6 N–H and O–H groups in total. The molecule has 13 aromatic heterocycles. The Hall–Kier alpha value is -12.1. The number of aromatic carboxylic acids is 2. The van der Waals surface area contributed by atoms with Gasteiger partial charge in [-0.2, -0.15) is 48.1 Å². The number of aromatic nitrogens is 26. The number of amides is 3. The highest BCUT2D eigenvalue weighted by Gasteiger charge is 2.31. The van der Waals surface area contributed by atoms with E-state index in [9.17, 15) is 38.4 Å². The van der Waals surface area contributed by atoms with Gasteiger partial charge in [-0.15, -0.1) is 81.6 Å². The number of fused-ring (bicyclic) bond motifs is 5. The molecule has 0 saturated heterocycles. The van der Waals surface area contributed by atoms with Crippen LogP contribution in [0.25, 0.3) is 28.2 Å². The Kier molecular flexibility index (Phi) is 41.5. The fraction of sp³-hybridized carbons (Fsp3) is 0.438. The van der Waals surface area contributed by atoms with Crippen LogP contribution in [0.5, 0.6) is 5.88 Å². The Morgan fingerprint density at radius 2 is 0.807 bits per heavy atom. The lowest BCUT2D eigenvalue weighted by Crippen LogP contribution is -2.39. The minimum atomic E-state index is -1.17. The Labute approximate surface area is 815 Å². The smallest absolute Gasteiger partial charge is 0.414 e. The Morgan fingerprint density at radius 1 is 0.444 bits per heavy atom. The van der Waals surface area contributed by atoms with Gasteiger partial charge in [-0.1, -0.05) is 145 Å². The number of aliphatic hydroxyl groups excluding tert-OH is 1. The van der Waals surface area contributed by atoms with Gasteiger partial charge in [-0.25, -0.2) is 28.8 Å². The zero-order chi connectivity index (χ0) is 100. The minimum Gasteiger partial charge on any atom is -0.478 e. The van der Waals surface area contributed by atoms with Crippen LogP contribution in [0.3, 0.4) is 0 Å². The highest BCUT2D eigenvalue weighted by molar-refractivity contribution is 6.35. The summed E-state index contributed by atoms with van der Waals surface area (Å²) in [5.74, 6) is -2.09. The maximum Gasteiger partial charge on any atom is 0.414 e. The number of anilines is 3. The number of nitrogens with two attached hydrogens (primary N) is 1. The number of nitrogens with one attached hydrogen (secondary N) is 1. The van der Waals surface area contributed by atoms with Gasteiger partial charge >= 0.3 is 36.2 Å². The molecule has 15 rings (SSSR count). The molecule has 0 aromatic carbocycles. The molecule has 46 nitrogen and oxygen atoms in total. The van der Waals surface area contributed by atoms with Gasteiger partial charge in [0, 0.05) is 43.4 Å². The summed E-state index contributed by atoms with van der Waals surface area (Å²) in [4.78, 5) is 94.6. The minimum absolute atomic E-state index is 0.00630. The first kappa shape index (κ1) is 110. The molecule has 135 heavy (non-hydrogen) atoms. The number of carboxylic acid groups (broad SMARTS) is 2. The van der Waals surface area contributed by atoms with Gasteiger partial charge in [-0.3, -0.25) is 24.7 Å². The average Bonchev–Trinajstić information content (AvgIpc) is 1.50. The molecule has 0 atom stereocenters. The van der Waals surface area contributed by atoms with Gasteiger partial charge in [0.1, 0.15) is 71.2 Å². The van der Waals surface area contributed by atoms with Crippen molar-refractivity contribution in [3.63, 3.8) is 0 Å². The van der Waals surface area contributed by atoms with E-state index >= 15 is 0 Å². The summed E-state index contributed by atoms with van der Waals surface area (Å²) in [6.07, 6.45) is 14.7. The first-order valence-electron chi connectivity index (χ1n) is 40.7. The van der Waals surface area contributed by atoms with Crippen LogP contribution in [-0.2, 0) is 25.5 Å². The number of carbonyl (C=O) groups is 8. The summed E-state index contributed by atoms with van der Waals surface area (Å²) in [6.45, 7) is 30.5. The molecule has 13 aromatic rings. The van der Waals surface area contributed by atoms with Crippen LogP contribution >= 0.6 is 104 Å². The molecular formula is C80H95Cl9N30O16. The van der Waals surface area contributed by atoms with Crippen molar-refractivity contribution >= 4 is 197 Å². The van der Waals surface area contributed by atoms with Gasteiger partial charge < -0.3 is 44.7 Å². The van der Waals surface area contributed by atoms with Gasteiger partial charge in [0.15, 0.2) is 69.2 Å². The number of carboxylic acids is 2. The predicted molar refractivity (Wildman–Crippen MR) is 497 cm³/mol. The van der Waals surface area contributed by atoms with Crippen molar-refractivity contribution in [1.82, 2.24) is 130 Å². The molecule has 13 heterocycles. The van der Waals surface area contributed by atoms with Crippen molar-refractivity contribution in [3.05, 3.63) is 160 Å². The maximum absolute atomic E-state index is 12.9. The molecular weight excluding hydrogens is 1960 g/mol. The largest absolute Gasteiger partial charge is 0.478 e. The molecule has 0 spiro atoms. The Morgan fingerprint density at radius 3 is 1.21 bits per heavy atom. The molecule has 2 fully saturated rings. The van der Waals surface area contributed by atoms with E-state index < -0.39 is 53.0 Å². The third kappa shape index (κ3) is 35.3. The standard InChI is InChI=1S/C19H29N5O3.C14H20ClN5O2.C10H12ClN5O2.C8H7ClN4O2.C7H8ClN3O.C6H4Cl2N2O.C6H3ClN4O2.C5H2Cl2N2O2.C5H10O/c1-13(2)11-23(18(25)27-19(3,4)5)15-10-16(26-14-8-6-7-9-14)22-24-12-20-21-17(15)24;1-9(2)7-19(13(21)22-14(3,4)5)10-6-11(15)18-20-8-16-17-12(10)20;1-10(2,3)18-9(17)13-6-4-7(11)15-16-5-12-14-8(6)16;1-2-15-8(14)5-3-6(9)12-13-4-10-11-7(5)13;1-4(12)5-2-7(8)11-10-6(5)3-9;1-3(11)4-2-5(7)9-10-6(4)8;7-4-1-3(6(12)13)5-9-8-2-11(5)10-4;6-3-1-2(5(10)11)4(7)9-8-3;6-5-3-1-2-4-5/h10,12-14H,6-9,11H2,1-5H3;6,8-9H,7H2,1-5H3;4-5H,1-3H3,(H,13,17);3-4H,2H2,1H3;2H,3,9H2,1H3;2H,1H3;1-2H,(H,12,13);1H,(H,10,11);5-6H,1-4H2. The van der Waals surface area contributed by atoms with Crippen molar-refractivity contribution in [2.45, 2.75) is 198 Å². The lowest BCUT2D eigenvalue weighted by Gasteiger charge is -2.28. The third-order valence-electron chi connectivity index (χ3n) is 16.8. The quantitative estimate of drug-likeness (QED) is 0.0341. The van der Waals surface area contributed by atoms with E-state index in [1.807, 2.05) is 55.4 Å². The molecule has 55 heteroatoms. The van der Waals surface area contributed by atoms with Crippen LogP contribution in [-0.4, -0.2) is 241 Å². The second kappa shape index (κ2) is 51.0. The lowest BCUT2D eigenvalue weighted by atomic mass is 10.1. The number of nitrogens with zero attached hydrogens (tertiary/aromatic N) is 28. The van der Waals surface area contributed by atoms with E-state index in [1.165, 1.54) is 124 Å². The fourth-order valence-corrected chi connectivity index (χ4v) is 13.0. The van der Waals surface area contributed by atoms with E-state index in [0.29, 0.717) is 82.0 Å². The van der Waals surface area contributed by atoms with Crippen molar-refractivity contribution in [2.75, 3.05) is 34.8 Å². The number of Topliss-reactive ketones (excluding diaryl/α,β-unsaturated/α-hetero) is 2. The van der Waals surface area contributed by atoms with Crippen LogP contribution < -0.4 is 25.6 Å². The lowest BCUT2D eigenvalue weighted by molar-refractivity contribution is 0.0523. The second-order valence-electron chi connectivity index (χ2n) is 32.3. The van der Waals surface area contributed by atoms with E-state index in [4.69, 9.17) is 149 Å². The predicted octanol–water partition coefficient (Wildman–Crippen LogP) is 15.8. The molecule has 0 bridgehead atoms. The molecule has 0 aliphatic heterocycles. The normalized spacial score (nSPS) is 12.4. The van der Waals surface area contributed by atoms with Crippen LogP contribution in [0.1, 0.15) is 220 Å². The van der Waals surface area contributed by atoms with Crippen molar-refractivity contribution in [2.24, 2.45) is 17.6 Å². The van der Waals surface area contributed by atoms with E-state index in [2.05, 4.69) is 126 Å². The maximum atomic E-state index is 12.9. The number of aliphatic hydroxyl groups is 1. The summed E-state index contributed by atoms with van der Waals surface area (Å²) in [5, 5.41) is 108. The number of carbonyl (C=O) groups excluding carboxylic acids is 6. The topological polar surface area (TPSA) is 581 Å². The van der Waals surface area contributed by atoms with Crippen molar-refractivity contribution in [3.8, 4) is 5.88 Å². The third-order valence-corrected chi connectivity index (χ3v) is 18.7. The molecule has 724 valence electrons. The summed E-state index contributed by atoms with van der Waals surface area (Å²) < 4.78 is 34.1. The van der Waals surface area contributed by atoms with Crippen molar-refractivity contribution < 1.29 is 77.4 Å². The highest BCUT2D eigenvalue weighted by atomic mass is 35.5. The first-order valence-corrected chi connectivity index (χ1v) is 44.1. The number of hydrogen-bond donors (Lipinski definition) is 5. The molecule has 0 radical (unpaired) electrons. The first-order chi connectivity index (χ1) is 63.4. The number of halogens is 9. The average molecular weight is 2050 g/mol. The number of ketones is 2. The number of hydrogen-bond acceptors (Lipinski definition) is 36.